The van der Waals surface area contributed by atoms with E-state index in [0.717, 1.165) is 56.0 Å². The van der Waals surface area contributed by atoms with E-state index in [1.165, 1.54) is 0 Å². The molecule has 0 atom stereocenters. The van der Waals surface area contributed by atoms with E-state index in [1.807, 2.05) is 31.3 Å². The first-order chi connectivity index (χ1) is 14.0. The summed E-state index contributed by atoms with van der Waals surface area (Å²) in [6, 6.07) is 5.59. The molecule has 2 fully saturated rings. The summed E-state index contributed by atoms with van der Waals surface area (Å²) in [6.07, 6.45) is 4.49. The topological polar surface area (TPSA) is 88.6 Å². The van der Waals surface area contributed by atoms with E-state index in [2.05, 4.69) is 20.5 Å². The number of ether oxygens (including phenoxy) is 2. The van der Waals surface area contributed by atoms with Crippen molar-refractivity contribution in [3.8, 4) is 11.5 Å². The second-order valence-electron chi connectivity index (χ2n) is 7.67. The number of hydrogen-bond acceptors (Lipinski definition) is 7. The molecule has 1 aromatic carbocycles. The van der Waals surface area contributed by atoms with E-state index in [1.54, 1.807) is 14.2 Å². The van der Waals surface area contributed by atoms with Crippen molar-refractivity contribution in [3.63, 3.8) is 0 Å². The Morgan fingerprint density at radius 1 is 1.14 bits per heavy atom. The maximum absolute atomic E-state index is 12.2. The van der Waals surface area contributed by atoms with Crippen molar-refractivity contribution in [2.45, 2.75) is 26.2 Å². The van der Waals surface area contributed by atoms with Crippen LogP contribution in [0.15, 0.2) is 24.4 Å². The van der Waals surface area contributed by atoms with Crippen LogP contribution in [0.4, 0.5) is 17.5 Å². The lowest BCUT2D eigenvalue weighted by molar-refractivity contribution is -0.128. The number of amides is 1. The molecule has 2 aliphatic rings. The molecule has 0 aliphatic carbocycles. The van der Waals surface area contributed by atoms with Gasteiger partial charge in [-0.3, -0.25) is 4.79 Å². The third-order valence-electron chi connectivity index (χ3n) is 5.98. The first-order valence-electron chi connectivity index (χ1n) is 9.90. The molecule has 3 heterocycles. The quantitative estimate of drug-likeness (QED) is 0.802. The van der Waals surface area contributed by atoms with Gasteiger partial charge in [-0.15, -0.1) is 0 Å². The fourth-order valence-corrected chi connectivity index (χ4v) is 4.20. The van der Waals surface area contributed by atoms with Crippen LogP contribution in [0.25, 0.3) is 0 Å². The molecule has 0 unspecified atom stereocenters. The van der Waals surface area contributed by atoms with Crippen molar-refractivity contribution >= 4 is 23.4 Å². The fraction of sp³-hybridized carbons (Fsp3) is 0.476. The number of nitrogens with zero attached hydrogens (tertiary/aromatic N) is 3. The lowest BCUT2D eigenvalue weighted by Crippen LogP contribution is -2.44. The monoisotopic (exact) mass is 397 g/mol. The van der Waals surface area contributed by atoms with Crippen LogP contribution in [0.3, 0.4) is 0 Å². The molecule has 2 saturated heterocycles. The molecule has 4 rings (SSSR count). The lowest BCUT2D eigenvalue weighted by Gasteiger charge is -2.38. The van der Waals surface area contributed by atoms with Crippen molar-refractivity contribution in [1.29, 1.82) is 0 Å². The average molecular weight is 397 g/mol. The molecular weight excluding hydrogens is 370 g/mol. The number of anilines is 3. The van der Waals surface area contributed by atoms with Crippen LogP contribution in [0.2, 0.25) is 0 Å². The first kappa shape index (κ1) is 19.3. The number of methoxy groups -OCH3 is 2. The zero-order valence-corrected chi connectivity index (χ0v) is 17.1. The Morgan fingerprint density at radius 3 is 2.55 bits per heavy atom. The largest absolute Gasteiger partial charge is 0.493 e. The summed E-state index contributed by atoms with van der Waals surface area (Å²) >= 11 is 0. The summed E-state index contributed by atoms with van der Waals surface area (Å²) in [4.78, 5) is 23.7. The molecule has 2 aromatic rings. The van der Waals surface area contributed by atoms with Crippen molar-refractivity contribution in [2.24, 2.45) is 5.41 Å². The molecule has 2 aliphatic heterocycles. The van der Waals surface area contributed by atoms with E-state index >= 15 is 0 Å². The van der Waals surface area contributed by atoms with Gasteiger partial charge in [0.05, 0.1) is 19.6 Å². The van der Waals surface area contributed by atoms with Crippen LogP contribution in [-0.2, 0) is 4.79 Å². The number of rotatable bonds is 5. The summed E-state index contributed by atoms with van der Waals surface area (Å²) in [5.41, 5.74) is 1.66. The minimum Gasteiger partial charge on any atom is -0.493 e. The third-order valence-corrected chi connectivity index (χ3v) is 5.98. The Balaban J connectivity index is 1.50. The predicted molar refractivity (Wildman–Crippen MR) is 111 cm³/mol. The number of carbonyl (C=O) groups excluding carboxylic acids is 1. The highest BCUT2D eigenvalue weighted by Crippen LogP contribution is 2.39. The van der Waals surface area contributed by atoms with Crippen LogP contribution < -0.4 is 25.0 Å². The number of aromatic nitrogens is 2. The molecule has 1 amide bonds. The molecule has 0 radical (unpaired) electrons. The zero-order chi connectivity index (χ0) is 20.4. The van der Waals surface area contributed by atoms with Gasteiger partial charge in [0.15, 0.2) is 11.5 Å². The van der Waals surface area contributed by atoms with Gasteiger partial charge in [-0.25, -0.2) is 4.98 Å². The molecule has 1 spiro atoms. The molecule has 1 aromatic heterocycles. The van der Waals surface area contributed by atoms with Gasteiger partial charge in [0, 0.05) is 43.1 Å². The van der Waals surface area contributed by atoms with E-state index in [9.17, 15) is 4.79 Å². The Morgan fingerprint density at radius 2 is 1.90 bits per heavy atom. The summed E-state index contributed by atoms with van der Waals surface area (Å²) in [6.45, 7) is 4.45. The number of piperidine rings is 1. The minimum atomic E-state index is -0.182. The van der Waals surface area contributed by atoms with Gasteiger partial charge in [0.25, 0.3) is 0 Å². The third kappa shape index (κ3) is 3.66. The number of aryl methyl sites for hydroxylation is 1. The summed E-state index contributed by atoms with van der Waals surface area (Å²) < 4.78 is 10.6. The van der Waals surface area contributed by atoms with E-state index < -0.39 is 0 Å². The van der Waals surface area contributed by atoms with Gasteiger partial charge in [-0.1, -0.05) is 0 Å². The summed E-state index contributed by atoms with van der Waals surface area (Å²) in [5, 5.41) is 6.23. The van der Waals surface area contributed by atoms with Crippen LogP contribution in [0.5, 0.6) is 11.5 Å². The second-order valence-corrected chi connectivity index (χ2v) is 7.67. The van der Waals surface area contributed by atoms with Crippen molar-refractivity contribution in [3.05, 3.63) is 30.0 Å². The molecular formula is C21H27N5O3. The van der Waals surface area contributed by atoms with Crippen LogP contribution in [-0.4, -0.2) is 49.7 Å². The van der Waals surface area contributed by atoms with Gasteiger partial charge in [-0.05, 0) is 38.3 Å². The summed E-state index contributed by atoms with van der Waals surface area (Å²) in [7, 11) is 3.22. The Labute approximate surface area is 170 Å². The molecule has 8 nitrogen and oxygen atoms in total. The number of hydrogen-bond donors (Lipinski definition) is 2. The van der Waals surface area contributed by atoms with Gasteiger partial charge >= 0.3 is 0 Å². The highest BCUT2D eigenvalue weighted by Gasteiger charge is 2.44. The molecule has 0 saturated carbocycles. The number of carbonyl (C=O) groups is 1. The molecule has 154 valence electrons. The zero-order valence-electron chi connectivity index (χ0n) is 17.1. The van der Waals surface area contributed by atoms with Gasteiger partial charge in [0.1, 0.15) is 5.82 Å². The number of nitrogens with one attached hydrogen (secondary N) is 2. The van der Waals surface area contributed by atoms with Crippen LogP contribution >= 0.6 is 0 Å². The smallest absolute Gasteiger partial charge is 0.229 e. The Kier molecular flexibility index (Phi) is 5.17. The highest BCUT2D eigenvalue weighted by atomic mass is 16.5. The molecule has 0 bridgehead atoms. The Bertz CT molecular complexity index is 909. The average Bonchev–Trinajstić information content (AvgIpc) is 3.09. The standard InChI is InChI=1S/C21H27N5O3/c1-14-13-23-20(24-15-4-5-16(28-2)17(12-15)29-3)25-18(14)26-10-7-21(8-11-26)6-9-22-19(21)27/h4-5,12-13H,6-11H2,1-3H3,(H,22,27)(H,23,24,25). The minimum absolute atomic E-state index is 0.182. The fourth-order valence-electron chi connectivity index (χ4n) is 4.20. The molecule has 2 N–H and O–H groups in total. The maximum Gasteiger partial charge on any atom is 0.229 e. The van der Waals surface area contributed by atoms with E-state index in [4.69, 9.17) is 14.5 Å². The van der Waals surface area contributed by atoms with Crippen LogP contribution in [0.1, 0.15) is 24.8 Å². The Hall–Kier alpha value is -3.03. The molecule has 29 heavy (non-hydrogen) atoms. The number of benzene rings is 1. The summed E-state index contributed by atoms with van der Waals surface area (Å²) in [5.74, 6) is 2.96. The highest BCUT2D eigenvalue weighted by molar-refractivity contribution is 5.85. The second kappa shape index (κ2) is 7.77. The SMILES string of the molecule is COc1ccc(Nc2ncc(C)c(N3CCC4(CCNC4=O)CC3)n2)cc1OC. The van der Waals surface area contributed by atoms with Gasteiger partial charge < -0.3 is 25.0 Å². The van der Waals surface area contributed by atoms with Gasteiger partial charge in [0.2, 0.25) is 11.9 Å². The van der Waals surface area contributed by atoms with E-state index in [-0.39, 0.29) is 11.3 Å². The van der Waals surface area contributed by atoms with Gasteiger partial charge in [-0.2, -0.15) is 4.98 Å². The van der Waals surface area contributed by atoms with Crippen molar-refractivity contribution in [1.82, 2.24) is 15.3 Å². The predicted octanol–water partition coefficient (Wildman–Crippen LogP) is 2.65. The van der Waals surface area contributed by atoms with Crippen LogP contribution in [0, 0.1) is 12.3 Å². The molecule has 8 heteroatoms. The lowest BCUT2D eigenvalue weighted by atomic mass is 9.77. The van der Waals surface area contributed by atoms with E-state index in [0.29, 0.717) is 17.4 Å². The van der Waals surface area contributed by atoms with Crippen molar-refractivity contribution < 1.29 is 14.3 Å². The van der Waals surface area contributed by atoms with Crippen molar-refractivity contribution in [2.75, 3.05) is 44.1 Å². The first-order valence-corrected chi connectivity index (χ1v) is 9.90. The maximum atomic E-state index is 12.2. The normalized spacial score (nSPS) is 17.9.